The van der Waals surface area contributed by atoms with Crippen molar-refractivity contribution in [3.05, 3.63) is 5.62 Å². The monoisotopic (exact) mass is 212 g/mol. The zero-order valence-electron chi connectivity index (χ0n) is 8.72. The van der Waals surface area contributed by atoms with Crippen LogP contribution in [0.2, 0.25) is 0 Å². The maximum absolute atomic E-state index is 9.14. The summed E-state index contributed by atoms with van der Waals surface area (Å²) in [4.78, 5) is 11.6. The van der Waals surface area contributed by atoms with Gasteiger partial charge in [-0.3, -0.25) is 0 Å². The van der Waals surface area contributed by atoms with Crippen molar-refractivity contribution in [3.8, 4) is 0 Å². The average molecular weight is 212 g/mol. The van der Waals surface area contributed by atoms with E-state index in [1.54, 1.807) is 0 Å². The molecule has 0 aliphatic heterocycles. The molecule has 0 bridgehead atoms. The van der Waals surface area contributed by atoms with Gasteiger partial charge in [-0.2, -0.15) is 9.97 Å². The maximum Gasteiger partial charge on any atom is 0.251 e. The van der Waals surface area contributed by atoms with Crippen LogP contribution in [0.25, 0.3) is 0 Å². The molecule has 1 aromatic heterocycles. The molecule has 0 aliphatic carbocycles. The highest BCUT2D eigenvalue weighted by Crippen LogP contribution is 1.96. The summed E-state index contributed by atoms with van der Waals surface area (Å²) in [5, 5.41) is 9.14. The fraction of sp³-hybridized carbons (Fsp3) is 0.625. The Hall–Kier alpha value is -1.79. The second kappa shape index (κ2) is 5.18. The molecule has 1 heterocycles. The molecule has 0 saturated carbocycles. The molecular weight excluding hydrogens is 196 g/mol. The third-order valence-corrected chi connectivity index (χ3v) is 1.88. The molecule has 0 saturated heterocycles. The summed E-state index contributed by atoms with van der Waals surface area (Å²) in [7, 11) is 0. The van der Waals surface area contributed by atoms with Crippen LogP contribution < -0.4 is 17.1 Å². The van der Waals surface area contributed by atoms with Crippen LogP contribution in [0.5, 0.6) is 0 Å². The van der Waals surface area contributed by atoms with Gasteiger partial charge >= 0.3 is 0 Å². The number of nitrogen functional groups attached to an aromatic ring is 2. The molecular formula is C8H16N6O. The molecule has 0 unspecified atom stereocenters. The van der Waals surface area contributed by atoms with E-state index in [1.807, 2.05) is 0 Å². The molecule has 0 spiro atoms. The Morgan fingerprint density at radius 1 is 1.27 bits per heavy atom. The van der Waals surface area contributed by atoms with Gasteiger partial charge in [0.2, 0.25) is 11.9 Å². The Labute approximate surface area is 87.4 Å². The molecule has 1 rings (SSSR count). The van der Waals surface area contributed by atoms with Crippen molar-refractivity contribution in [2.75, 3.05) is 18.0 Å². The molecule has 84 valence electrons. The predicted molar refractivity (Wildman–Crippen MR) is 56.0 cm³/mol. The van der Waals surface area contributed by atoms with Crippen molar-refractivity contribution in [1.29, 1.82) is 0 Å². The summed E-state index contributed by atoms with van der Waals surface area (Å²) in [6.07, 6.45) is 3.22. The number of hydrogen-bond donors (Lipinski definition) is 3. The quantitative estimate of drug-likeness (QED) is 0.471. The van der Waals surface area contributed by atoms with Crippen LogP contribution in [-0.4, -0.2) is 26.5 Å². The van der Waals surface area contributed by atoms with Gasteiger partial charge in [-0.1, -0.05) is 19.8 Å². The van der Waals surface area contributed by atoms with Crippen LogP contribution in [0.15, 0.2) is 4.99 Å². The zero-order valence-corrected chi connectivity index (χ0v) is 8.72. The summed E-state index contributed by atoms with van der Waals surface area (Å²) in [5.74, 6) is -0.228. The lowest BCUT2D eigenvalue weighted by Gasteiger charge is -2.02. The van der Waals surface area contributed by atoms with E-state index in [0.717, 1.165) is 19.3 Å². The number of hydrogen-bond acceptors (Lipinski definition) is 6. The second-order valence-corrected chi connectivity index (χ2v) is 3.14. The van der Waals surface area contributed by atoms with Crippen LogP contribution in [-0.2, 0) is 0 Å². The number of unbranched alkanes of at least 4 members (excludes halogenated alkanes) is 2. The number of anilines is 2. The van der Waals surface area contributed by atoms with Crippen LogP contribution >= 0.6 is 0 Å². The molecule has 0 aliphatic rings. The molecule has 0 fully saturated rings. The van der Waals surface area contributed by atoms with Crippen LogP contribution in [0.1, 0.15) is 26.2 Å². The van der Waals surface area contributed by atoms with Crippen LogP contribution in [0, 0.1) is 0 Å². The standard InChI is InChI=1S/C8H16N6O/c1-2-3-4-5-11-8-12-6(9)14(15)7(10)13-8/h15H,2-5H2,1H3,(H4,9,10,11,12,13). The smallest absolute Gasteiger partial charge is 0.251 e. The lowest BCUT2D eigenvalue weighted by atomic mass is 10.2. The Morgan fingerprint density at radius 3 is 2.40 bits per heavy atom. The minimum Gasteiger partial charge on any atom is -0.422 e. The third kappa shape index (κ3) is 3.12. The average Bonchev–Trinajstić information content (AvgIpc) is 2.21. The topological polar surface area (TPSA) is 115 Å². The lowest BCUT2D eigenvalue weighted by Crippen LogP contribution is -2.23. The van der Waals surface area contributed by atoms with E-state index in [9.17, 15) is 0 Å². The molecule has 15 heavy (non-hydrogen) atoms. The van der Waals surface area contributed by atoms with E-state index >= 15 is 0 Å². The number of nitrogens with two attached hydrogens (primary N) is 2. The van der Waals surface area contributed by atoms with Crippen LogP contribution in [0.3, 0.4) is 0 Å². The fourth-order valence-corrected chi connectivity index (χ4v) is 1.05. The van der Waals surface area contributed by atoms with E-state index in [1.165, 1.54) is 0 Å². The molecule has 0 amide bonds. The van der Waals surface area contributed by atoms with Gasteiger partial charge in [0.1, 0.15) is 0 Å². The summed E-state index contributed by atoms with van der Waals surface area (Å²) in [6.45, 7) is 2.76. The van der Waals surface area contributed by atoms with Gasteiger partial charge in [0.05, 0.1) is 0 Å². The maximum atomic E-state index is 9.14. The van der Waals surface area contributed by atoms with Gasteiger partial charge in [-0.15, -0.1) is 4.73 Å². The first-order chi connectivity index (χ1) is 7.15. The highest BCUT2D eigenvalue weighted by atomic mass is 16.5. The fourth-order valence-electron chi connectivity index (χ4n) is 1.05. The molecule has 5 N–H and O–H groups in total. The normalized spacial score (nSPS) is 10.2. The summed E-state index contributed by atoms with van der Waals surface area (Å²) >= 11 is 0. The van der Waals surface area contributed by atoms with Crippen molar-refractivity contribution in [1.82, 2.24) is 14.7 Å². The van der Waals surface area contributed by atoms with Gasteiger partial charge in [0.25, 0.3) is 5.62 Å². The largest absolute Gasteiger partial charge is 0.422 e. The van der Waals surface area contributed by atoms with Crippen molar-refractivity contribution in [2.45, 2.75) is 26.2 Å². The van der Waals surface area contributed by atoms with Gasteiger partial charge in [-0.05, 0) is 6.42 Å². The Bertz CT molecular complexity index is 359. The number of aromatic nitrogens is 3. The van der Waals surface area contributed by atoms with Crippen molar-refractivity contribution in [3.63, 3.8) is 0 Å². The number of nitrogens with zero attached hydrogens (tertiary/aromatic N) is 4. The molecule has 0 atom stereocenters. The van der Waals surface area contributed by atoms with Gasteiger partial charge in [0, 0.05) is 6.54 Å². The van der Waals surface area contributed by atoms with E-state index in [4.69, 9.17) is 16.7 Å². The van der Waals surface area contributed by atoms with Crippen LogP contribution in [0.4, 0.5) is 11.9 Å². The Morgan fingerprint density at radius 2 is 1.87 bits per heavy atom. The first-order valence-electron chi connectivity index (χ1n) is 4.87. The Balaban J connectivity index is 2.77. The first-order valence-corrected chi connectivity index (χ1v) is 4.87. The third-order valence-electron chi connectivity index (χ3n) is 1.88. The molecule has 7 nitrogen and oxygen atoms in total. The molecule has 0 radical (unpaired) electrons. The molecule has 7 heteroatoms. The first kappa shape index (κ1) is 11.3. The lowest BCUT2D eigenvalue weighted by molar-refractivity contribution is 0.190. The summed E-state index contributed by atoms with van der Waals surface area (Å²) in [5.41, 5.74) is 11.0. The van der Waals surface area contributed by atoms with Gasteiger partial charge in [0.15, 0.2) is 0 Å². The van der Waals surface area contributed by atoms with Crippen molar-refractivity contribution in [2.24, 2.45) is 4.99 Å². The van der Waals surface area contributed by atoms with E-state index in [0.29, 0.717) is 11.3 Å². The van der Waals surface area contributed by atoms with E-state index in [2.05, 4.69) is 21.9 Å². The van der Waals surface area contributed by atoms with Crippen molar-refractivity contribution >= 4 is 11.9 Å². The minimum absolute atomic E-state index is 0.114. The molecule has 1 aromatic rings. The van der Waals surface area contributed by atoms with Crippen molar-refractivity contribution < 1.29 is 5.21 Å². The van der Waals surface area contributed by atoms with Gasteiger partial charge in [-0.25, -0.2) is 4.99 Å². The zero-order chi connectivity index (χ0) is 11.3. The van der Waals surface area contributed by atoms with Gasteiger partial charge < -0.3 is 16.7 Å². The summed E-state index contributed by atoms with van der Waals surface area (Å²) in [6, 6.07) is 0. The SMILES string of the molecule is CCCCCN=c1nc(N)n(O)c(N)n1. The highest BCUT2D eigenvalue weighted by molar-refractivity contribution is 5.25. The number of rotatable bonds is 4. The van der Waals surface area contributed by atoms with E-state index in [-0.39, 0.29) is 17.5 Å². The highest BCUT2D eigenvalue weighted by Gasteiger charge is 2.01. The van der Waals surface area contributed by atoms with E-state index < -0.39 is 0 Å². The molecule has 0 aromatic carbocycles. The Kier molecular flexibility index (Phi) is 3.90. The second-order valence-electron chi connectivity index (χ2n) is 3.14. The summed E-state index contributed by atoms with van der Waals surface area (Å²) < 4.78 is 0.519. The predicted octanol–water partition coefficient (Wildman–Crippen LogP) is -0.229. The minimum atomic E-state index is -0.114.